The lowest BCUT2D eigenvalue weighted by Crippen LogP contribution is -2.51. The van der Waals surface area contributed by atoms with Gasteiger partial charge in [-0.25, -0.2) is 0 Å². The van der Waals surface area contributed by atoms with Crippen molar-refractivity contribution >= 4 is 5.97 Å². The third-order valence-electron chi connectivity index (χ3n) is 12.3. The summed E-state index contributed by atoms with van der Waals surface area (Å²) in [6.07, 6.45) is 19.5. The fourth-order valence-electron chi connectivity index (χ4n) is 9.64. The van der Waals surface area contributed by atoms with Gasteiger partial charge >= 0.3 is 5.97 Å². The summed E-state index contributed by atoms with van der Waals surface area (Å²) in [6, 6.07) is 0. The van der Waals surface area contributed by atoms with Gasteiger partial charge in [0.25, 0.3) is 0 Å². The second-order valence-corrected chi connectivity index (χ2v) is 14.9. The number of esters is 1. The molecule has 4 aliphatic rings. The molecule has 0 heterocycles. The van der Waals surface area contributed by atoms with E-state index in [1.54, 1.807) is 5.57 Å². The molecule has 2 nitrogen and oxygen atoms in total. The predicted molar refractivity (Wildman–Crippen MR) is 152 cm³/mol. The van der Waals surface area contributed by atoms with Crippen LogP contribution in [-0.2, 0) is 9.53 Å². The van der Waals surface area contributed by atoms with Crippen molar-refractivity contribution in [3.05, 3.63) is 11.6 Å². The number of carbonyl (C=O) groups is 1. The van der Waals surface area contributed by atoms with Crippen LogP contribution in [0, 0.1) is 51.8 Å². The van der Waals surface area contributed by atoms with E-state index in [1.165, 1.54) is 64.2 Å². The summed E-state index contributed by atoms with van der Waals surface area (Å²) in [6.45, 7) is 18.6. The van der Waals surface area contributed by atoms with Crippen molar-refractivity contribution < 1.29 is 9.53 Å². The third kappa shape index (κ3) is 4.98. The summed E-state index contributed by atoms with van der Waals surface area (Å²) in [4.78, 5) is 12.8. The van der Waals surface area contributed by atoms with E-state index in [2.05, 4.69) is 47.6 Å². The summed E-state index contributed by atoms with van der Waals surface area (Å²) < 4.78 is 6.09. The molecule has 0 N–H and O–H groups in total. The Hall–Kier alpha value is -0.790. The number of hydrogen-bond donors (Lipinski definition) is 0. The van der Waals surface area contributed by atoms with Crippen molar-refractivity contribution in [1.82, 2.24) is 0 Å². The fourth-order valence-corrected chi connectivity index (χ4v) is 9.64. The molecule has 0 aliphatic heterocycles. The molecular formula is C34H58O2. The fraction of sp³-hybridized carbons (Fsp3) is 0.912. The summed E-state index contributed by atoms with van der Waals surface area (Å²) in [7, 11) is 0. The molecule has 0 radical (unpaired) electrons. The molecule has 8 atom stereocenters. The van der Waals surface area contributed by atoms with E-state index in [-0.39, 0.29) is 17.5 Å². The molecule has 0 amide bonds. The lowest BCUT2D eigenvalue weighted by atomic mass is 9.46. The first-order valence-corrected chi connectivity index (χ1v) is 15.9. The topological polar surface area (TPSA) is 26.3 Å². The van der Waals surface area contributed by atoms with Crippen LogP contribution in [0.15, 0.2) is 11.6 Å². The van der Waals surface area contributed by atoms with Gasteiger partial charge < -0.3 is 4.74 Å². The molecule has 0 aromatic rings. The Labute approximate surface area is 223 Å². The maximum absolute atomic E-state index is 12.8. The maximum Gasteiger partial charge on any atom is 0.311 e. The van der Waals surface area contributed by atoms with Gasteiger partial charge in [-0.15, -0.1) is 0 Å². The van der Waals surface area contributed by atoms with Crippen molar-refractivity contribution in [3.63, 3.8) is 0 Å². The Bertz CT molecular complexity index is 808. The lowest BCUT2D eigenvalue weighted by molar-refractivity contribution is -0.162. The van der Waals surface area contributed by atoms with Crippen LogP contribution >= 0.6 is 0 Å². The normalized spacial score (nSPS) is 39.1. The largest absolute Gasteiger partial charge is 0.462 e. The minimum atomic E-state index is -0.370. The monoisotopic (exact) mass is 498 g/mol. The molecule has 3 fully saturated rings. The molecule has 0 aromatic carbocycles. The second kappa shape index (κ2) is 10.8. The number of allylic oxidation sites excluding steroid dienone is 1. The molecule has 0 bridgehead atoms. The average Bonchev–Trinajstić information content (AvgIpc) is 3.24. The Morgan fingerprint density at radius 1 is 1.06 bits per heavy atom. The number of carbonyl (C=O) groups excluding carboxylic acids is 1. The summed E-state index contributed by atoms with van der Waals surface area (Å²) in [5.74, 6) is 5.29. The number of hydrogen-bond acceptors (Lipinski definition) is 2. The minimum absolute atomic E-state index is 0.00204. The highest BCUT2D eigenvalue weighted by molar-refractivity contribution is 5.76. The third-order valence-corrected chi connectivity index (χ3v) is 12.3. The molecule has 0 saturated heterocycles. The van der Waals surface area contributed by atoms with E-state index in [0.717, 1.165) is 54.8 Å². The van der Waals surface area contributed by atoms with Crippen LogP contribution in [0.5, 0.6) is 0 Å². The van der Waals surface area contributed by atoms with Gasteiger partial charge in [0.1, 0.15) is 6.10 Å². The zero-order chi connectivity index (χ0) is 26.3. The molecule has 2 heteroatoms. The van der Waals surface area contributed by atoms with Crippen LogP contribution in [0.3, 0.4) is 0 Å². The summed E-state index contributed by atoms with van der Waals surface area (Å²) in [5.41, 5.74) is 2.18. The zero-order valence-electron chi connectivity index (χ0n) is 25.1. The van der Waals surface area contributed by atoms with Crippen molar-refractivity contribution in [2.24, 2.45) is 51.8 Å². The average molecular weight is 499 g/mol. The lowest BCUT2D eigenvalue weighted by Gasteiger charge is -2.59. The maximum atomic E-state index is 12.8. The number of ether oxygens (including phenoxy) is 1. The van der Waals surface area contributed by atoms with E-state index < -0.39 is 0 Å². The molecule has 36 heavy (non-hydrogen) atoms. The van der Waals surface area contributed by atoms with E-state index in [0.29, 0.717) is 10.8 Å². The van der Waals surface area contributed by atoms with Crippen LogP contribution in [0.1, 0.15) is 139 Å². The zero-order valence-corrected chi connectivity index (χ0v) is 25.1. The summed E-state index contributed by atoms with van der Waals surface area (Å²) in [5, 5.41) is 0. The van der Waals surface area contributed by atoms with Gasteiger partial charge in [0.05, 0.1) is 5.41 Å². The first-order valence-electron chi connectivity index (χ1n) is 15.9. The smallest absolute Gasteiger partial charge is 0.311 e. The van der Waals surface area contributed by atoms with Crippen LogP contribution in [0.4, 0.5) is 0 Å². The summed E-state index contributed by atoms with van der Waals surface area (Å²) >= 11 is 0. The van der Waals surface area contributed by atoms with Crippen molar-refractivity contribution in [3.8, 4) is 0 Å². The molecule has 4 aliphatic carbocycles. The number of fused-ring (bicyclic) bond motifs is 5. The van der Waals surface area contributed by atoms with Crippen LogP contribution < -0.4 is 0 Å². The van der Waals surface area contributed by atoms with Crippen LogP contribution in [0.25, 0.3) is 0 Å². The van der Waals surface area contributed by atoms with E-state index in [1.807, 2.05) is 13.8 Å². The predicted octanol–water partition coefficient (Wildman–Crippen LogP) is 9.77. The first-order chi connectivity index (χ1) is 17.0. The molecule has 3 saturated carbocycles. The van der Waals surface area contributed by atoms with E-state index in [4.69, 9.17) is 4.74 Å². The van der Waals surface area contributed by atoms with Gasteiger partial charge in [-0.05, 0) is 118 Å². The Morgan fingerprint density at radius 2 is 1.81 bits per heavy atom. The van der Waals surface area contributed by atoms with Crippen LogP contribution in [0.2, 0.25) is 0 Å². The van der Waals surface area contributed by atoms with Gasteiger partial charge in [-0.3, -0.25) is 4.79 Å². The minimum Gasteiger partial charge on any atom is -0.462 e. The quantitative estimate of drug-likeness (QED) is 0.233. The van der Waals surface area contributed by atoms with Crippen molar-refractivity contribution in [1.29, 1.82) is 0 Å². The molecule has 0 aromatic heterocycles. The molecular weight excluding hydrogens is 440 g/mol. The van der Waals surface area contributed by atoms with E-state index >= 15 is 0 Å². The van der Waals surface area contributed by atoms with Crippen molar-refractivity contribution in [2.75, 3.05) is 0 Å². The second-order valence-electron chi connectivity index (χ2n) is 14.9. The Morgan fingerprint density at radius 3 is 2.47 bits per heavy atom. The van der Waals surface area contributed by atoms with Gasteiger partial charge in [0.2, 0.25) is 0 Å². The highest BCUT2D eigenvalue weighted by atomic mass is 16.5. The standard InChI is InChI=1S/C34H58O2/c1-9-32(6,7)31(35)36-26-18-20-33(8)25(22-26)14-15-27-29(33)19-21-34(10-2)28(16-17-30(27)34)24(5)13-11-12-23(3)4/h14,23-24,26-30H,9-13,15-22H2,1-8H3/t24-,26+,27-,28-,29+,30+,33?,34?/m1/s1. The Kier molecular flexibility index (Phi) is 8.44. The SMILES string of the molecule is CCC(C)(C)C(=O)O[C@H]1CCC2(C)C(=CC[C@@H]3[C@@H]2CCC2(CC)[C@@H]([C@H](C)CCCC(C)C)CC[C@@H]32)C1. The van der Waals surface area contributed by atoms with E-state index in [9.17, 15) is 4.79 Å². The van der Waals surface area contributed by atoms with Gasteiger partial charge in [-0.2, -0.15) is 0 Å². The Balaban J connectivity index is 1.47. The highest BCUT2D eigenvalue weighted by Crippen LogP contribution is 2.68. The van der Waals surface area contributed by atoms with Crippen molar-refractivity contribution in [2.45, 2.75) is 145 Å². The molecule has 4 rings (SSSR count). The molecule has 0 spiro atoms. The van der Waals surface area contributed by atoms with Gasteiger partial charge in [0, 0.05) is 6.42 Å². The molecule has 206 valence electrons. The van der Waals surface area contributed by atoms with Gasteiger partial charge in [-0.1, -0.05) is 72.5 Å². The van der Waals surface area contributed by atoms with Gasteiger partial charge in [0.15, 0.2) is 0 Å². The highest BCUT2D eigenvalue weighted by Gasteiger charge is 2.60. The molecule has 2 unspecified atom stereocenters. The first kappa shape index (κ1) is 28.2. The number of rotatable bonds is 9. The van der Waals surface area contributed by atoms with Crippen LogP contribution in [-0.4, -0.2) is 12.1 Å².